The topological polar surface area (TPSA) is 42.2 Å². The van der Waals surface area contributed by atoms with Gasteiger partial charge < -0.3 is 9.67 Å². The first kappa shape index (κ1) is 11.5. The minimum absolute atomic E-state index is 0.619. The molecule has 0 unspecified atom stereocenters. The number of aryl methyl sites for hydroxylation is 2. The highest BCUT2D eigenvalue weighted by atomic mass is 79.9. The molecule has 0 atom stereocenters. The van der Waals surface area contributed by atoms with E-state index in [4.69, 9.17) is 0 Å². The van der Waals surface area contributed by atoms with Crippen LogP contribution >= 0.6 is 15.9 Å². The molecule has 2 heterocycles. The van der Waals surface area contributed by atoms with Gasteiger partial charge in [0.1, 0.15) is 0 Å². The lowest BCUT2D eigenvalue weighted by Crippen LogP contribution is -2.19. The molecule has 2 aliphatic rings. The van der Waals surface area contributed by atoms with E-state index in [1.807, 2.05) is 0 Å². The molecule has 4 heteroatoms. The molecule has 2 aromatic rings. The molecule has 1 fully saturated rings. The lowest BCUT2D eigenvalue weighted by atomic mass is 9.94. The molecule has 1 aromatic carbocycles. The standard InChI is InChI=1S/C15H14BrNO2/c16-10-6-9-2-1-5-17-8-12(11(7-10)13(9)17)15(3-4-15)14(18)19/h6-8H,1-5H2,(H,18,19). The van der Waals surface area contributed by atoms with Crippen LogP contribution in [0.1, 0.15) is 30.4 Å². The highest BCUT2D eigenvalue weighted by molar-refractivity contribution is 9.10. The van der Waals surface area contributed by atoms with E-state index in [1.165, 1.54) is 11.1 Å². The molecule has 0 spiro atoms. The van der Waals surface area contributed by atoms with Crippen LogP contribution in [0.2, 0.25) is 0 Å². The Hall–Kier alpha value is -1.29. The van der Waals surface area contributed by atoms with Crippen molar-refractivity contribution in [3.8, 4) is 0 Å². The Morgan fingerprint density at radius 3 is 2.84 bits per heavy atom. The number of aromatic nitrogens is 1. The summed E-state index contributed by atoms with van der Waals surface area (Å²) < 4.78 is 3.30. The lowest BCUT2D eigenvalue weighted by molar-refractivity contribution is -0.140. The monoisotopic (exact) mass is 319 g/mol. The number of hydrogen-bond acceptors (Lipinski definition) is 1. The third-order valence-corrected chi connectivity index (χ3v) is 4.99. The van der Waals surface area contributed by atoms with Crippen molar-refractivity contribution in [2.45, 2.75) is 37.6 Å². The number of halogens is 1. The van der Waals surface area contributed by atoms with Gasteiger partial charge in [0.25, 0.3) is 0 Å². The van der Waals surface area contributed by atoms with Gasteiger partial charge in [-0.25, -0.2) is 0 Å². The normalized spacial score (nSPS) is 19.6. The van der Waals surface area contributed by atoms with Crippen LogP contribution in [-0.2, 0) is 23.2 Å². The highest BCUT2D eigenvalue weighted by Crippen LogP contribution is 2.52. The van der Waals surface area contributed by atoms with Crippen LogP contribution < -0.4 is 0 Å². The van der Waals surface area contributed by atoms with Crippen LogP contribution in [-0.4, -0.2) is 15.6 Å². The van der Waals surface area contributed by atoms with Gasteiger partial charge in [-0.1, -0.05) is 15.9 Å². The summed E-state index contributed by atoms with van der Waals surface area (Å²) in [6, 6.07) is 4.25. The third-order valence-electron chi connectivity index (χ3n) is 4.54. The number of aliphatic carboxylic acids is 1. The molecule has 1 saturated carbocycles. The first-order valence-corrected chi connectivity index (χ1v) is 7.46. The smallest absolute Gasteiger partial charge is 0.314 e. The van der Waals surface area contributed by atoms with E-state index in [0.717, 1.165) is 47.7 Å². The van der Waals surface area contributed by atoms with Crippen molar-refractivity contribution in [3.63, 3.8) is 0 Å². The Morgan fingerprint density at radius 2 is 2.16 bits per heavy atom. The largest absolute Gasteiger partial charge is 0.481 e. The summed E-state index contributed by atoms with van der Waals surface area (Å²) in [7, 11) is 0. The van der Waals surface area contributed by atoms with Crippen molar-refractivity contribution in [2.24, 2.45) is 0 Å². The lowest BCUT2D eigenvalue weighted by Gasteiger charge is -2.15. The summed E-state index contributed by atoms with van der Waals surface area (Å²) in [4.78, 5) is 11.6. The van der Waals surface area contributed by atoms with Crippen LogP contribution in [0.25, 0.3) is 10.9 Å². The molecule has 1 N–H and O–H groups in total. The number of hydrogen-bond donors (Lipinski definition) is 1. The molecule has 1 aliphatic carbocycles. The van der Waals surface area contributed by atoms with Crippen molar-refractivity contribution in [3.05, 3.63) is 33.9 Å². The van der Waals surface area contributed by atoms with Crippen molar-refractivity contribution >= 4 is 32.8 Å². The van der Waals surface area contributed by atoms with Gasteiger partial charge >= 0.3 is 5.97 Å². The quantitative estimate of drug-likeness (QED) is 0.921. The van der Waals surface area contributed by atoms with Crippen molar-refractivity contribution < 1.29 is 9.90 Å². The molecule has 1 aliphatic heterocycles. The van der Waals surface area contributed by atoms with Gasteiger partial charge in [-0.05, 0) is 48.9 Å². The molecular formula is C15H14BrNO2. The van der Waals surface area contributed by atoms with Crippen molar-refractivity contribution in [2.75, 3.05) is 0 Å². The van der Waals surface area contributed by atoms with E-state index in [9.17, 15) is 9.90 Å². The number of carboxylic acids is 1. The Kier molecular flexibility index (Phi) is 2.20. The van der Waals surface area contributed by atoms with Crippen LogP contribution in [0, 0.1) is 0 Å². The SMILES string of the molecule is O=C(O)C1(c2cn3c4c(cc(Br)cc24)CCC3)CC1. The minimum Gasteiger partial charge on any atom is -0.481 e. The molecular weight excluding hydrogens is 306 g/mol. The minimum atomic E-state index is -0.674. The first-order valence-electron chi connectivity index (χ1n) is 6.67. The van der Waals surface area contributed by atoms with E-state index in [2.05, 4.69) is 38.8 Å². The van der Waals surface area contributed by atoms with Gasteiger partial charge in [0, 0.05) is 22.6 Å². The molecule has 19 heavy (non-hydrogen) atoms. The predicted molar refractivity (Wildman–Crippen MR) is 76.5 cm³/mol. The molecule has 1 aromatic heterocycles. The summed E-state index contributed by atoms with van der Waals surface area (Å²) in [5.41, 5.74) is 2.98. The number of rotatable bonds is 2. The van der Waals surface area contributed by atoms with Gasteiger partial charge in [-0.2, -0.15) is 0 Å². The van der Waals surface area contributed by atoms with Crippen molar-refractivity contribution in [1.29, 1.82) is 0 Å². The fourth-order valence-corrected chi connectivity index (χ4v) is 3.91. The number of carbonyl (C=O) groups is 1. The van der Waals surface area contributed by atoms with Gasteiger partial charge in [-0.15, -0.1) is 0 Å². The maximum atomic E-state index is 11.6. The second-order valence-corrected chi connectivity index (χ2v) is 6.60. The molecule has 0 radical (unpaired) electrons. The summed E-state index contributed by atoms with van der Waals surface area (Å²) >= 11 is 3.56. The molecule has 0 saturated heterocycles. The summed E-state index contributed by atoms with van der Waals surface area (Å²) in [5.74, 6) is -0.674. The van der Waals surface area contributed by atoms with Gasteiger partial charge in [0.15, 0.2) is 0 Å². The molecule has 98 valence electrons. The van der Waals surface area contributed by atoms with Gasteiger partial charge in [0.2, 0.25) is 0 Å². The summed E-state index contributed by atoms with van der Waals surface area (Å²) in [5, 5.41) is 10.7. The summed E-state index contributed by atoms with van der Waals surface area (Å²) in [6.45, 7) is 1.00. The van der Waals surface area contributed by atoms with Gasteiger partial charge in [-0.3, -0.25) is 4.79 Å². The number of carboxylic acid groups (broad SMARTS) is 1. The average molecular weight is 320 g/mol. The maximum absolute atomic E-state index is 11.6. The third kappa shape index (κ3) is 1.46. The van der Waals surface area contributed by atoms with Crippen LogP contribution in [0.15, 0.2) is 22.8 Å². The van der Waals surface area contributed by atoms with E-state index < -0.39 is 11.4 Å². The van der Waals surface area contributed by atoms with Crippen LogP contribution in [0.3, 0.4) is 0 Å². The van der Waals surface area contributed by atoms with E-state index in [1.54, 1.807) is 0 Å². The van der Waals surface area contributed by atoms with E-state index in [-0.39, 0.29) is 0 Å². The van der Waals surface area contributed by atoms with Crippen LogP contribution in [0.5, 0.6) is 0 Å². The zero-order valence-electron chi connectivity index (χ0n) is 10.4. The second kappa shape index (κ2) is 3.63. The van der Waals surface area contributed by atoms with Gasteiger partial charge in [0.05, 0.1) is 10.9 Å². The number of benzene rings is 1. The Balaban J connectivity index is 2.06. The predicted octanol–water partition coefficient (Wildman–Crippen LogP) is 3.47. The maximum Gasteiger partial charge on any atom is 0.314 e. The summed E-state index contributed by atoms with van der Waals surface area (Å²) in [6.07, 6.45) is 5.83. The Bertz CT molecular complexity index is 712. The molecule has 3 nitrogen and oxygen atoms in total. The highest BCUT2D eigenvalue weighted by Gasteiger charge is 2.53. The Labute approximate surface area is 119 Å². The van der Waals surface area contributed by atoms with E-state index >= 15 is 0 Å². The molecule has 0 bridgehead atoms. The second-order valence-electron chi connectivity index (χ2n) is 5.69. The Morgan fingerprint density at radius 1 is 1.37 bits per heavy atom. The fraction of sp³-hybridized carbons (Fsp3) is 0.400. The molecule has 4 rings (SSSR count). The number of nitrogens with zero attached hydrogens (tertiary/aromatic N) is 1. The molecule has 0 amide bonds. The zero-order valence-corrected chi connectivity index (χ0v) is 12.0. The average Bonchev–Trinajstić information content (AvgIpc) is 3.09. The zero-order chi connectivity index (χ0) is 13.2. The van der Waals surface area contributed by atoms with Crippen LogP contribution in [0.4, 0.5) is 0 Å². The fourth-order valence-electron chi connectivity index (χ4n) is 3.40. The first-order chi connectivity index (χ1) is 9.12. The van der Waals surface area contributed by atoms with E-state index in [0.29, 0.717) is 0 Å². The van der Waals surface area contributed by atoms with Crippen molar-refractivity contribution in [1.82, 2.24) is 4.57 Å².